The highest BCUT2D eigenvalue weighted by atomic mass is 32.1. The number of hydrogen-bond acceptors (Lipinski definition) is 1. The summed E-state index contributed by atoms with van der Waals surface area (Å²) in [4.78, 5) is 0. The normalized spacial score (nSPS) is 10.5. The van der Waals surface area contributed by atoms with Crippen LogP contribution in [0.2, 0.25) is 0 Å². The summed E-state index contributed by atoms with van der Waals surface area (Å²) in [6.07, 6.45) is 2.05. The van der Waals surface area contributed by atoms with Crippen molar-refractivity contribution in [1.29, 1.82) is 0 Å². The van der Waals surface area contributed by atoms with Gasteiger partial charge >= 0.3 is 0 Å². The number of fused-ring (bicyclic) bond motifs is 1. The molecule has 1 heterocycles. The molecular formula is C11H11NS. The lowest BCUT2D eigenvalue weighted by Gasteiger charge is -2.07. The Balaban J connectivity index is 2.93. The molecule has 0 atom stereocenters. The van der Waals surface area contributed by atoms with Gasteiger partial charge in [-0.1, -0.05) is 30.4 Å². The zero-order valence-electron chi connectivity index (χ0n) is 7.53. The summed E-state index contributed by atoms with van der Waals surface area (Å²) in [5, 5.41) is 1.17. The molecule has 0 aliphatic carbocycles. The average molecular weight is 189 g/mol. The molecule has 0 N–H and O–H groups in total. The van der Waals surface area contributed by atoms with Gasteiger partial charge in [0.05, 0.1) is 0 Å². The second-order valence-electron chi connectivity index (χ2n) is 2.98. The monoisotopic (exact) mass is 189 g/mol. The van der Waals surface area contributed by atoms with Gasteiger partial charge in [-0.05, 0) is 19.1 Å². The topological polar surface area (TPSA) is 4.93 Å². The maximum absolute atomic E-state index is 5.25. The van der Waals surface area contributed by atoms with E-state index in [1.165, 1.54) is 10.9 Å². The summed E-state index contributed by atoms with van der Waals surface area (Å²) < 4.78 is 3.13. The molecule has 1 aromatic heterocycles. The Bertz CT molecular complexity index is 485. The maximum atomic E-state index is 5.25. The number of benzene rings is 1. The molecule has 1 nitrogen and oxygen atoms in total. The van der Waals surface area contributed by atoms with Crippen LogP contribution in [0.25, 0.3) is 10.9 Å². The van der Waals surface area contributed by atoms with Crippen LogP contribution in [0.1, 0.15) is 6.92 Å². The quantitative estimate of drug-likeness (QED) is 0.622. The van der Waals surface area contributed by atoms with Crippen LogP contribution in [0.5, 0.6) is 0 Å². The zero-order valence-corrected chi connectivity index (χ0v) is 8.34. The Morgan fingerprint density at radius 3 is 2.77 bits per heavy atom. The van der Waals surface area contributed by atoms with E-state index in [1.807, 2.05) is 24.4 Å². The Morgan fingerprint density at radius 1 is 1.23 bits per heavy atom. The van der Waals surface area contributed by atoms with E-state index in [-0.39, 0.29) is 0 Å². The standard InChI is InChI=1S/C11H11NS/c1-2-12-8-7-11(13)9-5-3-4-6-10(9)12/h3-8H,2H2,1H3. The molecule has 0 aliphatic heterocycles. The minimum atomic E-state index is 0.931. The van der Waals surface area contributed by atoms with Crippen molar-refractivity contribution in [1.82, 2.24) is 4.57 Å². The Labute approximate surface area is 82.6 Å². The molecule has 0 spiro atoms. The Morgan fingerprint density at radius 2 is 2.00 bits per heavy atom. The minimum absolute atomic E-state index is 0.931. The lowest BCUT2D eigenvalue weighted by atomic mass is 10.2. The van der Waals surface area contributed by atoms with Crippen LogP contribution in [0, 0.1) is 4.51 Å². The minimum Gasteiger partial charge on any atom is -0.348 e. The lowest BCUT2D eigenvalue weighted by molar-refractivity contribution is 0.788. The first-order valence-corrected chi connectivity index (χ1v) is 4.82. The molecule has 66 valence electrons. The van der Waals surface area contributed by atoms with Gasteiger partial charge in [-0.3, -0.25) is 0 Å². The van der Waals surface area contributed by atoms with E-state index < -0.39 is 0 Å². The van der Waals surface area contributed by atoms with E-state index in [0.29, 0.717) is 0 Å². The predicted octanol–water partition coefficient (Wildman–Crippen LogP) is 3.39. The van der Waals surface area contributed by atoms with Crippen molar-refractivity contribution in [2.45, 2.75) is 13.5 Å². The molecule has 0 saturated heterocycles. The molecule has 0 fully saturated rings. The highest BCUT2D eigenvalue weighted by Gasteiger charge is 1.96. The molecule has 0 radical (unpaired) electrons. The number of nitrogens with zero attached hydrogens (tertiary/aromatic N) is 1. The van der Waals surface area contributed by atoms with Crippen LogP contribution in [-0.2, 0) is 6.54 Å². The summed E-state index contributed by atoms with van der Waals surface area (Å²) >= 11 is 5.25. The fourth-order valence-corrected chi connectivity index (χ4v) is 1.77. The van der Waals surface area contributed by atoms with Crippen LogP contribution in [0.4, 0.5) is 0 Å². The van der Waals surface area contributed by atoms with E-state index >= 15 is 0 Å². The van der Waals surface area contributed by atoms with Gasteiger partial charge in [0.2, 0.25) is 0 Å². The van der Waals surface area contributed by atoms with Crippen molar-refractivity contribution in [3.8, 4) is 0 Å². The molecule has 0 unspecified atom stereocenters. The molecule has 13 heavy (non-hydrogen) atoms. The van der Waals surface area contributed by atoms with Crippen molar-refractivity contribution < 1.29 is 0 Å². The van der Waals surface area contributed by atoms with Crippen molar-refractivity contribution in [2.75, 3.05) is 0 Å². The van der Waals surface area contributed by atoms with Gasteiger partial charge in [-0.25, -0.2) is 0 Å². The third-order valence-corrected chi connectivity index (χ3v) is 2.58. The molecule has 2 heteroatoms. The van der Waals surface area contributed by atoms with Crippen LogP contribution in [0.3, 0.4) is 0 Å². The van der Waals surface area contributed by atoms with Gasteiger partial charge in [-0.2, -0.15) is 0 Å². The van der Waals surface area contributed by atoms with E-state index in [0.717, 1.165) is 11.1 Å². The zero-order chi connectivity index (χ0) is 9.26. The molecule has 2 aromatic rings. The molecular weight excluding hydrogens is 178 g/mol. The second-order valence-corrected chi connectivity index (χ2v) is 3.42. The van der Waals surface area contributed by atoms with Crippen molar-refractivity contribution >= 4 is 23.1 Å². The molecule has 0 bridgehead atoms. The van der Waals surface area contributed by atoms with Gasteiger partial charge in [0.25, 0.3) is 0 Å². The summed E-state index contributed by atoms with van der Waals surface area (Å²) in [5.74, 6) is 0. The van der Waals surface area contributed by atoms with Gasteiger partial charge < -0.3 is 4.57 Å². The lowest BCUT2D eigenvalue weighted by Crippen LogP contribution is -1.96. The SMILES string of the molecule is CCn1ccc(=S)c2ccccc21. The number of pyridine rings is 1. The summed E-state index contributed by atoms with van der Waals surface area (Å²) in [5.41, 5.74) is 1.22. The molecule has 0 saturated carbocycles. The number of hydrogen-bond donors (Lipinski definition) is 0. The van der Waals surface area contributed by atoms with Crippen LogP contribution in [-0.4, -0.2) is 4.57 Å². The number of aryl methyl sites for hydroxylation is 1. The first-order chi connectivity index (χ1) is 6.33. The van der Waals surface area contributed by atoms with Crippen molar-refractivity contribution in [2.24, 2.45) is 0 Å². The van der Waals surface area contributed by atoms with Crippen LogP contribution in [0.15, 0.2) is 36.5 Å². The first kappa shape index (κ1) is 8.45. The fraction of sp³-hybridized carbons (Fsp3) is 0.182. The van der Waals surface area contributed by atoms with E-state index in [9.17, 15) is 0 Å². The van der Waals surface area contributed by atoms with Crippen molar-refractivity contribution in [3.63, 3.8) is 0 Å². The van der Waals surface area contributed by atoms with Gasteiger partial charge in [0.1, 0.15) is 0 Å². The fourth-order valence-electron chi connectivity index (χ4n) is 1.54. The van der Waals surface area contributed by atoms with Gasteiger partial charge in [0.15, 0.2) is 0 Å². The molecule has 2 rings (SSSR count). The second kappa shape index (κ2) is 3.30. The number of rotatable bonds is 1. The summed E-state index contributed by atoms with van der Waals surface area (Å²) in [7, 11) is 0. The number of para-hydroxylation sites is 1. The summed E-state index contributed by atoms with van der Waals surface area (Å²) in [6.45, 7) is 3.12. The molecule has 1 aromatic carbocycles. The third-order valence-electron chi connectivity index (χ3n) is 2.23. The van der Waals surface area contributed by atoms with Gasteiger partial charge in [0, 0.05) is 28.2 Å². The Hall–Kier alpha value is -1.15. The van der Waals surface area contributed by atoms with E-state index in [2.05, 4.69) is 23.6 Å². The highest BCUT2D eigenvalue weighted by molar-refractivity contribution is 7.71. The summed E-state index contributed by atoms with van der Waals surface area (Å²) in [6, 6.07) is 10.2. The van der Waals surface area contributed by atoms with E-state index in [4.69, 9.17) is 12.2 Å². The smallest absolute Gasteiger partial charge is 0.0494 e. The largest absolute Gasteiger partial charge is 0.348 e. The van der Waals surface area contributed by atoms with Gasteiger partial charge in [-0.15, -0.1) is 0 Å². The highest BCUT2D eigenvalue weighted by Crippen LogP contribution is 2.14. The maximum Gasteiger partial charge on any atom is 0.0494 e. The molecule has 0 aliphatic rings. The Kier molecular flexibility index (Phi) is 2.15. The molecule has 0 amide bonds. The third kappa shape index (κ3) is 1.38. The van der Waals surface area contributed by atoms with Crippen molar-refractivity contribution in [3.05, 3.63) is 41.0 Å². The predicted molar refractivity (Wildman–Crippen MR) is 58.4 cm³/mol. The number of aromatic nitrogens is 1. The average Bonchev–Trinajstić information content (AvgIpc) is 2.19. The van der Waals surface area contributed by atoms with Crippen LogP contribution >= 0.6 is 12.2 Å². The van der Waals surface area contributed by atoms with Crippen LogP contribution < -0.4 is 0 Å². The van der Waals surface area contributed by atoms with E-state index in [1.54, 1.807) is 0 Å². The first-order valence-electron chi connectivity index (χ1n) is 4.41.